The molecule has 0 radical (unpaired) electrons. The Hall–Kier alpha value is -2.63. The fourth-order valence-electron chi connectivity index (χ4n) is 2.94. The Kier molecular flexibility index (Phi) is 5.11. The molecule has 3 rings (SSSR count). The number of benzene rings is 2. The number of fused-ring (bicyclic) bond motifs is 1. The Balaban J connectivity index is 1.82. The second-order valence-corrected chi connectivity index (χ2v) is 7.11. The molecule has 1 aromatic heterocycles. The van der Waals surface area contributed by atoms with Crippen LogP contribution in [-0.2, 0) is 16.9 Å². The van der Waals surface area contributed by atoms with E-state index in [4.69, 9.17) is 5.73 Å². The summed E-state index contributed by atoms with van der Waals surface area (Å²) in [4.78, 5) is 14.9. The molecule has 5 nitrogen and oxygen atoms in total. The number of rotatable bonds is 6. The SMILES string of the molecule is CN(C)CCn1ccc2ccc(NC(=O)C(C)(N)c3ccccc3)cc21. The highest BCUT2D eigenvalue weighted by Crippen LogP contribution is 2.23. The highest BCUT2D eigenvalue weighted by molar-refractivity contribution is 5.99. The third kappa shape index (κ3) is 3.79. The van der Waals surface area contributed by atoms with Crippen LogP contribution in [-0.4, -0.2) is 36.0 Å². The Morgan fingerprint density at radius 1 is 1.15 bits per heavy atom. The second kappa shape index (κ2) is 7.32. The highest BCUT2D eigenvalue weighted by atomic mass is 16.2. The van der Waals surface area contributed by atoms with E-state index in [1.54, 1.807) is 6.92 Å². The number of likely N-dealkylation sites (N-methyl/N-ethyl adjacent to an activating group) is 1. The second-order valence-electron chi connectivity index (χ2n) is 7.11. The molecule has 136 valence electrons. The molecule has 0 saturated carbocycles. The minimum Gasteiger partial charge on any atom is -0.346 e. The van der Waals surface area contributed by atoms with Gasteiger partial charge in [-0.2, -0.15) is 0 Å². The largest absolute Gasteiger partial charge is 0.346 e. The predicted molar refractivity (Wildman–Crippen MR) is 107 cm³/mol. The number of anilines is 1. The average molecular weight is 350 g/mol. The minimum absolute atomic E-state index is 0.227. The molecule has 0 aliphatic rings. The lowest BCUT2D eigenvalue weighted by molar-refractivity contribution is -0.120. The third-order valence-electron chi connectivity index (χ3n) is 4.67. The number of carbonyl (C=O) groups is 1. The number of hydrogen-bond acceptors (Lipinski definition) is 3. The van der Waals surface area contributed by atoms with Crippen LogP contribution < -0.4 is 11.1 Å². The summed E-state index contributed by atoms with van der Waals surface area (Å²) in [6.45, 7) is 3.58. The van der Waals surface area contributed by atoms with Gasteiger partial charge >= 0.3 is 0 Å². The van der Waals surface area contributed by atoms with Crippen LogP contribution in [0.5, 0.6) is 0 Å². The summed E-state index contributed by atoms with van der Waals surface area (Å²) in [7, 11) is 4.12. The van der Waals surface area contributed by atoms with Crippen LogP contribution in [0.3, 0.4) is 0 Å². The zero-order chi connectivity index (χ0) is 18.7. The number of nitrogens with two attached hydrogens (primary N) is 1. The number of nitrogens with zero attached hydrogens (tertiary/aromatic N) is 2. The summed E-state index contributed by atoms with van der Waals surface area (Å²) >= 11 is 0. The van der Waals surface area contributed by atoms with E-state index in [0.717, 1.165) is 35.2 Å². The molecule has 1 unspecified atom stereocenters. The summed E-state index contributed by atoms with van der Waals surface area (Å²) in [6.07, 6.45) is 2.08. The lowest BCUT2D eigenvalue weighted by atomic mass is 9.92. The number of nitrogens with one attached hydrogen (secondary N) is 1. The zero-order valence-corrected chi connectivity index (χ0v) is 15.6. The Bertz CT molecular complexity index is 897. The van der Waals surface area contributed by atoms with Gasteiger partial charge < -0.3 is 20.5 Å². The van der Waals surface area contributed by atoms with Crippen LogP contribution in [0, 0.1) is 0 Å². The van der Waals surface area contributed by atoms with E-state index in [1.165, 1.54) is 0 Å². The van der Waals surface area contributed by atoms with Gasteiger partial charge in [0.1, 0.15) is 5.54 Å². The van der Waals surface area contributed by atoms with Gasteiger partial charge in [0.15, 0.2) is 0 Å². The third-order valence-corrected chi connectivity index (χ3v) is 4.67. The standard InChI is InChI=1S/C21H26N4O/c1-21(22,17-7-5-4-6-8-17)20(26)23-18-10-9-16-11-12-25(19(16)15-18)14-13-24(2)3/h4-12,15H,13-14,22H2,1-3H3,(H,23,26). The van der Waals surface area contributed by atoms with Gasteiger partial charge in [-0.1, -0.05) is 36.4 Å². The summed E-state index contributed by atoms with van der Waals surface area (Å²) in [5.74, 6) is -0.227. The van der Waals surface area contributed by atoms with Crippen LogP contribution in [0.4, 0.5) is 5.69 Å². The average Bonchev–Trinajstić information content (AvgIpc) is 3.03. The van der Waals surface area contributed by atoms with Gasteiger partial charge in [0, 0.05) is 25.0 Å². The molecule has 0 fully saturated rings. The van der Waals surface area contributed by atoms with Gasteiger partial charge in [0.2, 0.25) is 5.91 Å². The fraction of sp³-hybridized carbons (Fsp3) is 0.286. The van der Waals surface area contributed by atoms with Crippen molar-refractivity contribution in [3.63, 3.8) is 0 Å². The van der Waals surface area contributed by atoms with E-state index in [2.05, 4.69) is 41.1 Å². The summed E-state index contributed by atoms with van der Waals surface area (Å²) in [5, 5.41) is 4.12. The van der Waals surface area contributed by atoms with Crippen molar-refractivity contribution in [1.82, 2.24) is 9.47 Å². The number of hydrogen-bond donors (Lipinski definition) is 2. The van der Waals surface area contributed by atoms with Gasteiger partial charge in [0.25, 0.3) is 0 Å². The van der Waals surface area contributed by atoms with Crippen LogP contribution >= 0.6 is 0 Å². The van der Waals surface area contributed by atoms with E-state index in [1.807, 2.05) is 48.5 Å². The maximum absolute atomic E-state index is 12.8. The van der Waals surface area contributed by atoms with Crippen molar-refractivity contribution in [1.29, 1.82) is 0 Å². The lowest BCUT2D eigenvalue weighted by Crippen LogP contribution is -2.45. The molecule has 3 N–H and O–H groups in total. The number of amides is 1. The van der Waals surface area contributed by atoms with Crippen LogP contribution in [0.1, 0.15) is 12.5 Å². The Morgan fingerprint density at radius 2 is 1.88 bits per heavy atom. The number of carbonyl (C=O) groups excluding carboxylic acids is 1. The molecule has 2 aromatic carbocycles. The molecule has 3 aromatic rings. The van der Waals surface area contributed by atoms with Gasteiger partial charge in [0.05, 0.1) is 5.52 Å². The quantitative estimate of drug-likeness (QED) is 0.718. The van der Waals surface area contributed by atoms with E-state index >= 15 is 0 Å². The van der Waals surface area contributed by atoms with Crippen molar-refractivity contribution in [3.05, 3.63) is 66.4 Å². The van der Waals surface area contributed by atoms with Gasteiger partial charge in [-0.3, -0.25) is 4.79 Å². The highest BCUT2D eigenvalue weighted by Gasteiger charge is 2.30. The van der Waals surface area contributed by atoms with Crippen molar-refractivity contribution >= 4 is 22.5 Å². The van der Waals surface area contributed by atoms with Crippen molar-refractivity contribution < 1.29 is 4.79 Å². The van der Waals surface area contributed by atoms with E-state index < -0.39 is 5.54 Å². The molecule has 0 spiro atoms. The van der Waals surface area contributed by atoms with Gasteiger partial charge in [-0.05, 0) is 50.2 Å². The van der Waals surface area contributed by atoms with Crippen molar-refractivity contribution in [3.8, 4) is 0 Å². The molecule has 1 heterocycles. The monoisotopic (exact) mass is 350 g/mol. The summed E-state index contributed by atoms with van der Waals surface area (Å²) in [5.41, 5.74) is 7.85. The van der Waals surface area contributed by atoms with Crippen molar-refractivity contribution in [2.45, 2.75) is 19.0 Å². The molecule has 5 heteroatoms. The maximum Gasteiger partial charge on any atom is 0.248 e. The maximum atomic E-state index is 12.8. The smallest absolute Gasteiger partial charge is 0.248 e. The van der Waals surface area contributed by atoms with Gasteiger partial charge in [-0.25, -0.2) is 0 Å². The van der Waals surface area contributed by atoms with Crippen molar-refractivity contribution in [2.75, 3.05) is 26.0 Å². The van der Waals surface area contributed by atoms with Gasteiger partial charge in [-0.15, -0.1) is 0 Å². The lowest BCUT2D eigenvalue weighted by Gasteiger charge is -2.24. The molecule has 0 aliphatic heterocycles. The fourth-order valence-corrected chi connectivity index (χ4v) is 2.94. The summed E-state index contributed by atoms with van der Waals surface area (Å²) < 4.78 is 2.20. The molecule has 0 saturated heterocycles. The summed E-state index contributed by atoms with van der Waals surface area (Å²) in [6, 6.07) is 17.5. The normalized spacial score (nSPS) is 13.7. The van der Waals surface area contributed by atoms with E-state index in [0.29, 0.717) is 0 Å². The first kappa shape index (κ1) is 18.2. The first-order chi connectivity index (χ1) is 12.4. The molecule has 0 bridgehead atoms. The molecule has 1 amide bonds. The molecular weight excluding hydrogens is 324 g/mol. The molecule has 1 atom stereocenters. The van der Waals surface area contributed by atoms with E-state index in [9.17, 15) is 4.79 Å². The predicted octanol–water partition coefficient (Wildman–Crippen LogP) is 3.02. The zero-order valence-electron chi connectivity index (χ0n) is 15.6. The van der Waals surface area contributed by atoms with Crippen LogP contribution in [0.2, 0.25) is 0 Å². The minimum atomic E-state index is -1.09. The van der Waals surface area contributed by atoms with E-state index in [-0.39, 0.29) is 5.91 Å². The molecule has 26 heavy (non-hydrogen) atoms. The Labute approximate surface area is 154 Å². The van der Waals surface area contributed by atoms with Crippen molar-refractivity contribution in [2.24, 2.45) is 5.73 Å². The molecular formula is C21H26N4O. The van der Waals surface area contributed by atoms with Crippen LogP contribution in [0.25, 0.3) is 10.9 Å². The number of aromatic nitrogens is 1. The first-order valence-electron chi connectivity index (χ1n) is 8.77. The van der Waals surface area contributed by atoms with Crippen LogP contribution in [0.15, 0.2) is 60.8 Å². The Morgan fingerprint density at radius 3 is 2.58 bits per heavy atom. The topological polar surface area (TPSA) is 63.3 Å². The first-order valence-corrected chi connectivity index (χ1v) is 8.77. The molecule has 0 aliphatic carbocycles.